The van der Waals surface area contributed by atoms with Gasteiger partial charge in [0, 0.05) is 17.8 Å². The highest BCUT2D eigenvalue weighted by molar-refractivity contribution is 6.10. The molecule has 4 N–H and O–H groups in total. The van der Waals surface area contributed by atoms with Crippen LogP contribution in [0, 0.1) is 5.92 Å². The summed E-state index contributed by atoms with van der Waals surface area (Å²) in [5.74, 6) is -0.0206. The van der Waals surface area contributed by atoms with E-state index in [1.807, 2.05) is 60.7 Å². The van der Waals surface area contributed by atoms with Gasteiger partial charge in [-0.3, -0.25) is 19.3 Å². The number of hydrogen-bond donors (Lipinski definition) is 4. The molecular formula is C30H32N8O3. The Morgan fingerprint density at radius 1 is 0.976 bits per heavy atom. The molecule has 210 valence electrons. The first kappa shape index (κ1) is 26.4. The summed E-state index contributed by atoms with van der Waals surface area (Å²) in [5.41, 5.74) is 3.75. The summed E-state index contributed by atoms with van der Waals surface area (Å²) in [6.45, 7) is 0.0998. The molecule has 1 aliphatic carbocycles. The minimum absolute atomic E-state index is 0.0533. The van der Waals surface area contributed by atoms with Gasteiger partial charge in [-0.1, -0.05) is 66.6 Å². The average Bonchev–Trinajstić information content (AvgIpc) is 3.81. The summed E-state index contributed by atoms with van der Waals surface area (Å²) in [7, 11) is 0. The van der Waals surface area contributed by atoms with Gasteiger partial charge < -0.3 is 15.6 Å². The third-order valence-corrected chi connectivity index (χ3v) is 7.98. The van der Waals surface area contributed by atoms with Crippen molar-refractivity contribution in [2.24, 2.45) is 5.92 Å². The number of tetrazole rings is 1. The van der Waals surface area contributed by atoms with Crippen molar-refractivity contribution < 1.29 is 14.4 Å². The number of para-hydroxylation sites is 1. The molecule has 11 heteroatoms. The lowest BCUT2D eigenvalue weighted by atomic mass is 9.95. The maximum absolute atomic E-state index is 14.0. The number of aromatic nitrogens is 5. The van der Waals surface area contributed by atoms with E-state index in [0.29, 0.717) is 30.0 Å². The number of H-pyrrole nitrogens is 2. The van der Waals surface area contributed by atoms with E-state index < -0.39 is 6.04 Å². The van der Waals surface area contributed by atoms with Crippen LogP contribution in [-0.2, 0) is 29.0 Å². The van der Waals surface area contributed by atoms with Crippen molar-refractivity contribution >= 4 is 23.4 Å². The first-order valence-electron chi connectivity index (χ1n) is 14.0. The molecule has 2 atom stereocenters. The normalized spacial score (nSPS) is 17.3. The number of aromatic amines is 2. The van der Waals surface area contributed by atoms with Gasteiger partial charge >= 0.3 is 0 Å². The van der Waals surface area contributed by atoms with Crippen LogP contribution in [0.4, 0.5) is 5.69 Å². The predicted octanol–water partition coefficient (Wildman–Crippen LogP) is 3.01. The Morgan fingerprint density at radius 3 is 2.54 bits per heavy atom. The molecule has 41 heavy (non-hydrogen) atoms. The summed E-state index contributed by atoms with van der Waals surface area (Å²) in [6.07, 6.45) is 4.96. The van der Waals surface area contributed by atoms with E-state index in [4.69, 9.17) is 0 Å². The Kier molecular flexibility index (Phi) is 7.57. The molecule has 6 rings (SSSR count). The van der Waals surface area contributed by atoms with Crippen LogP contribution in [0.5, 0.6) is 0 Å². The number of anilines is 1. The van der Waals surface area contributed by atoms with Gasteiger partial charge in [0.05, 0.1) is 19.0 Å². The maximum atomic E-state index is 14.0. The molecule has 1 fully saturated rings. The summed E-state index contributed by atoms with van der Waals surface area (Å²) in [4.78, 5) is 45.1. The molecule has 4 aromatic rings. The zero-order valence-corrected chi connectivity index (χ0v) is 22.5. The zero-order valence-electron chi connectivity index (χ0n) is 22.5. The van der Waals surface area contributed by atoms with Crippen LogP contribution >= 0.6 is 0 Å². The monoisotopic (exact) mass is 552 g/mol. The zero-order chi connectivity index (χ0) is 28.2. The lowest BCUT2D eigenvalue weighted by Crippen LogP contribution is -2.48. The Labute approximate surface area is 237 Å². The Bertz CT molecular complexity index is 1510. The molecule has 1 saturated carbocycles. The van der Waals surface area contributed by atoms with Crippen molar-refractivity contribution in [2.75, 3.05) is 4.90 Å². The van der Waals surface area contributed by atoms with Crippen molar-refractivity contribution in [1.29, 1.82) is 0 Å². The third kappa shape index (κ3) is 5.74. The molecule has 0 radical (unpaired) electrons. The second-order valence-corrected chi connectivity index (χ2v) is 10.6. The second kappa shape index (κ2) is 11.7. The third-order valence-electron chi connectivity index (χ3n) is 7.98. The summed E-state index contributed by atoms with van der Waals surface area (Å²) >= 11 is 0. The molecule has 1 aliphatic heterocycles. The van der Waals surface area contributed by atoms with Crippen LogP contribution in [0.3, 0.4) is 0 Å². The smallest absolute Gasteiger partial charge is 0.275 e. The number of fused-ring (bicyclic) bond motifs is 1. The van der Waals surface area contributed by atoms with Crippen molar-refractivity contribution in [3.05, 3.63) is 95.1 Å². The van der Waals surface area contributed by atoms with Crippen LogP contribution < -0.4 is 15.5 Å². The van der Waals surface area contributed by atoms with E-state index in [-0.39, 0.29) is 36.2 Å². The second-order valence-electron chi connectivity index (χ2n) is 10.6. The number of amides is 3. The van der Waals surface area contributed by atoms with Crippen LogP contribution in [-0.4, -0.2) is 49.4 Å². The topological polar surface area (TPSA) is 149 Å². The fourth-order valence-corrected chi connectivity index (χ4v) is 5.98. The van der Waals surface area contributed by atoms with E-state index in [0.717, 1.165) is 42.5 Å². The molecule has 3 amide bonds. The number of rotatable bonds is 9. The van der Waals surface area contributed by atoms with Crippen molar-refractivity contribution in [3.8, 4) is 0 Å². The number of nitrogens with zero attached hydrogens (tertiary/aromatic N) is 4. The van der Waals surface area contributed by atoms with Gasteiger partial charge in [-0.25, -0.2) is 0 Å². The summed E-state index contributed by atoms with van der Waals surface area (Å²) < 4.78 is 0. The van der Waals surface area contributed by atoms with E-state index in [1.54, 1.807) is 11.0 Å². The molecule has 2 aromatic carbocycles. The molecule has 3 heterocycles. The van der Waals surface area contributed by atoms with Crippen molar-refractivity contribution in [1.82, 2.24) is 36.2 Å². The maximum Gasteiger partial charge on any atom is 0.275 e. The number of benzene rings is 2. The van der Waals surface area contributed by atoms with Crippen molar-refractivity contribution in [2.45, 2.75) is 57.2 Å². The lowest BCUT2D eigenvalue weighted by molar-refractivity contribution is -0.122. The van der Waals surface area contributed by atoms with E-state index in [2.05, 4.69) is 36.2 Å². The molecule has 2 aromatic heterocycles. The number of carbonyl (C=O) groups excluding carboxylic acids is 3. The van der Waals surface area contributed by atoms with E-state index in [9.17, 15) is 14.4 Å². The van der Waals surface area contributed by atoms with E-state index in [1.165, 1.54) is 0 Å². The van der Waals surface area contributed by atoms with Gasteiger partial charge in [0.25, 0.3) is 5.91 Å². The molecule has 0 saturated heterocycles. The molecular weight excluding hydrogens is 520 g/mol. The largest absolute Gasteiger partial charge is 0.353 e. The molecule has 2 aliphatic rings. The molecule has 0 bridgehead atoms. The van der Waals surface area contributed by atoms with Crippen LogP contribution in [0.2, 0.25) is 0 Å². The number of nitrogens with one attached hydrogen (secondary N) is 4. The fraction of sp³-hybridized carbons (Fsp3) is 0.333. The lowest BCUT2D eigenvalue weighted by Gasteiger charge is -2.25. The van der Waals surface area contributed by atoms with Gasteiger partial charge in [-0.05, 0) is 48.1 Å². The molecule has 11 nitrogen and oxygen atoms in total. The van der Waals surface area contributed by atoms with Crippen molar-refractivity contribution in [3.63, 3.8) is 0 Å². The quantitative estimate of drug-likeness (QED) is 0.251. The highest BCUT2D eigenvalue weighted by atomic mass is 16.2. The van der Waals surface area contributed by atoms with E-state index >= 15 is 0 Å². The first-order chi connectivity index (χ1) is 20.1. The van der Waals surface area contributed by atoms with Crippen LogP contribution in [0.1, 0.15) is 64.9 Å². The first-order valence-corrected chi connectivity index (χ1v) is 14.0. The minimum Gasteiger partial charge on any atom is -0.353 e. The average molecular weight is 553 g/mol. The Balaban J connectivity index is 1.22. The minimum atomic E-state index is -0.727. The highest BCUT2D eigenvalue weighted by Crippen LogP contribution is 2.37. The SMILES string of the molecule is O=C(Cc1ccccc1)N[C@@H](c1ccc(C(=O)N2c3ccccc3C[C@H]2C(=O)NCc2nn[nH]n2)[nH]1)C1CCCC1. The Hall–Kier alpha value is -4.80. The van der Waals surface area contributed by atoms with Gasteiger partial charge in [0.15, 0.2) is 5.82 Å². The summed E-state index contributed by atoms with van der Waals surface area (Å²) in [6, 6.07) is 19.9. The standard InChI is InChI=1S/C30H32N8O3/c39-27(16-19-8-2-1-3-9-19)33-28(20-10-4-5-11-20)22-14-15-23(32-22)30(41)38-24-13-7-6-12-21(24)17-25(38)29(40)31-18-26-34-36-37-35-26/h1-3,6-9,12-15,20,25,28,32H,4-5,10-11,16-18H2,(H,31,40)(H,33,39)(H,34,35,36,37)/t25-,28+/m0/s1. The van der Waals surface area contributed by atoms with Gasteiger partial charge in [0.2, 0.25) is 11.8 Å². The van der Waals surface area contributed by atoms with Gasteiger partial charge in [-0.2, -0.15) is 5.21 Å². The van der Waals surface area contributed by atoms with Crippen LogP contribution in [0.25, 0.3) is 0 Å². The van der Waals surface area contributed by atoms with Gasteiger partial charge in [0.1, 0.15) is 11.7 Å². The number of hydrogen-bond acceptors (Lipinski definition) is 6. The molecule has 0 spiro atoms. The summed E-state index contributed by atoms with van der Waals surface area (Å²) in [5, 5.41) is 19.7. The van der Waals surface area contributed by atoms with Crippen LogP contribution in [0.15, 0.2) is 66.7 Å². The number of carbonyl (C=O) groups is 3. The predicted molar refractivity (Wildman–Crippen MR) is 151 cm³/mol. The Morgan fingerprint density at radius 2 is 1.76 bits per heavy atom. The highest BCUT2D eigenvalue weighted by Gasteiger charge is 2.39. The fourth-order valence-electron chi connectivity index (χ4n) is 5.98. The molecule has 0 unspecified atom stereocenters. The van der Waals surface area contributed by atoms with Gasteiger partial charge in [-0.15, -0.1) is 10.2 Å².